The maximum atomic E-state index is 14.3. The van der Waals surface area contributed by atoms with Gasteiger partial charge in [-0.05, 0) is 62.7 Å². The number of benzene rings is 3. The first-order valence-corrected chi connectivity index (χ1v) is 12.4. The summed E-state index contributed by atoms with van der Waals surface area (Å²) in [5.74, 6) is 0.693. The number of anilines is 1. The fraction of sp³-hybridized carbons (Fsp3) is 0.310. The molecule has 2 amide bonds. The van der Waals surface area contributed by atoms with Crippen LogP contribution < -0.4 is 24.4 Å². The van der Waals surface area contributed by atoms with Gasteiger partial charge in [0.1, 0.15) is 35.4 Å². The molecule has 0 spiro atoms. The molecule has 1 aromatic heterocycles. The lowest BCUT2D eigenvalue weighted by molar-refractivity contribution is -0.128. The van der Waals surface area contributed by atoms with E-state index in [4.69, 9.17) is 14.2 Å². The SMILES string of the molecule is COc1cccc([C@@H](C(=O)NC(C)(C)C)N(C(=O)Cn2nnc3ccccc32)c2ccc(OC)cc2OC)c1. The van der Waals surface area contributed by atoms with E-state index in [2.05, 4.69) is 15.6 Å². The minimum absolute atomic E-state index is 0.168. The van der Waals surface area contributed by atoms with E-state index in [-0.39, 0.29) is 12.5 Å². The third kappa shape index (κ3) is 6.11. The quantitative estimate of drug-likeness (QED) is 0.346. The molecule has 1 heterocycles. The Bertz CT molecular complexity index is 1480. The number of fused-ring (bicyclic) bond motifs is 1. The number of aromatic nitrogens is 3. The highest BCUT2D eigenvalue weighted by atomic mass is 16.5. The van der Waals surface area contributed by atoms with Gasteiger partial charge in [-0.3, -0.25) is 14.5 Å². The van der Waals surface area contributed by atoms with Gasteiger partial charge in [-0.15, -0.1) is 5.10 Å². The number of hydrogen-bond donors (Lipinski definition) is 1. The molecule has 0 fully saturated rings. The van der Waals surface area contributed by atoms with Crippen LogP contribution in [0.3, 0.4) is 0 Å². The summed E-state index contributed by atoms with van der Waals surface area (Å²) in [6, 6.07) is 18.5. The van der Waals surface area contributed by atoms with Crippen LogP contribution in [0.2, 0.25) is 0 Å². The Labute approximate surface area is 227 Å². The lowest BCUT2D eigenvalue weighted by Crippen LogP contribution is -2.50. The zero-order chi connectivity index (χ0) is 28.2. The van der Waals surface area contributed by atoms with Gasteiger partial charge < -0.3 is 19.5 Å². The van der Waals surface area contributed by atoms with E-state index in [1.807, 2.05) is 45.0 Å². The van der Waals surface area contributed by atoms with Crippen molar-refractivity contribution in [2.45, 2.75) is 38.9 Å². The second-order valence-electron chi connectivity index (χ2n) is 9.96. The third-order valence-electron chi connectivity index (χ3n) is 6.03. The summed E-state index contributed by atoms with van der Waals surface area (Å²) < 4.78 is 18.0. The number of amides is 2. The summed E-state index contributed by atoms with van der Waals surface area (Å²) in [4.78, 5) is 29.7. The summed E-state index contributed by atoms with van der Waals surface area (Å²) in [7, 11) is 4.60. The number of nitrogens with one attached hydrogen (secondary N) is 1. The van der Waals surface area contributed by atoms with Crippen molar-refractivity contribution in [1.29, 1.82) is 0 Å². The van der Waals surface area contributed by atoms with Crippen molar-refractivity contribution in [3.05, 3.63) is 72.3 Å². The van der Waals surface area contributed by atoms with Gasteiger partial charge in [-0.1, -0.05) is 29.5 Å². The van der Waals surface area contributed by atoms with Gasteiger partial charge in [0.15, 0.2) is 0 Å². The molecule has 10 heteroatoms. The largest absolute Gasteiger partial charge is 0.497 e. The Kier molecular flexibility index (Phi) is 8.04. The molecule has 10 nitrogen and oxygen atoms in total. The molecule has 39 heavy (non-hydrogen) atoms. The number of nitrogens with zero attached hydrogens (tertiary/aromatic N) is 4. The monoisotopic (exact) mass is 531 g/mol. The lowest BCUT2D eigenvalue weighted by atomic mass is 10.00. The molecule has 0 radical (unpaired) electrons. The topological polar surface area (TPSA) is 108 Å². The van der Waals surface area contributed by atoms with Crippen LogP contribution in [0.25, 0.3) is 11.0 Å². The molecule has 1 atom stereocenters. The number of ether oxygens (including phenoxy) is 3. The first-order chi connectivity index (χ1) is 18.6. The molecule has 4 rings (SSSR count). The Balaban J connectivity index is 1.90. The van der Waals surface area contributed by atoms with Gasteiger partial charge in [-0.25, -0.2) is 4.68 Å². The van der Waals surface area contributed by atoms with Crippen LogP contribution in [-0.4, -0.2) is 53.7 Å². The Morgan fingerprint density at radius 3 is 2.33 bits per heavy atom. The van der Waals surface area contributed by atoms with Gasteiger partial charge >= 0.3 is 0 Å². The average molecular weight is 532 g/mol. The molecule has 204 valence electrons. The van der Waals surface area contributed by atoms with Crippen LogP contribution in [0.1, 0.15) is 32.4 Å². The average Bonchev–Trinajstić information content (AvgIpc) is 3.32. The smallest absolute Gasteiger partial charge is 0.249 e. The van der Waals surface area contributed by atoms with E-state index in [0.29, 0.717) is 39.5 Å². The molecule has 0 unspecified atom stereocenters. The second-order valence-corrected chi connectivity index (χ2v) is 9.96. The third-order valence-corrected chi connectivity index (χ3v) is 6.03. The van der Waals surface area contributed by atoms with E-state index in [9.17, 15) is 9.59 Å². The highest BCUT2D eigenvalue weighted by Gasteiger charge is 2.36. The van der Waals surface area contributed by atoms with E-state index < -0.39 is 17.5 Å². The molecule has 0 aliphatic heterocycles. The minimum Gasteiger partial charge on any atom is -0.497 e. The van der Waals surface area contributed by atoms with Crippen LogP contribution in [0.5, 0.6) is 17.2 Å². The van der Waals surface area contributed by atoms with E-state index in [1.165, 1.54) is 16.7 Å². The summed E-state index contributed by atoms with van der Waals surface area (Å²) >= 11 is 0. The van der Waals surface area contributed by atoms with Crippen LogP contribution in [0, 0.1) is 0 Å². The standard InChI is InChI=1S/C29H33N5O5/c1-29(2,3)30-28(36)27(19-10-9-11-20(16-19)37-4)34(24-15-14-21(38-5)17-25(24)39-6)26(35)18-33-23-13-8-7-12-22(23)31-32-33/h7-17,27H,18H2,1-6H3,(H,30,36)/t27-/m0/s1. The summed E-state index contributed by atoms with van der Waals surface area (Å²) in [6.45, 7) is 5.48. The summed E-state index contributed by atoms with van der Waals surface area (Å²) in [5.41, 5.74) is 1.75. The van der Waals surface area contributed by atoms with Crippen molar-refractivity contribution in [2.75, 3.05) is 26.2 Å². The van der Waals surface area contributed by atoms with Crippen LogP contribution in [-0.2, 0) is 16.1 Å². The van der Waals surface area contributed by atoms with Crippen molar-refractivity contribution >= 4 is 28.5 Å². The Morgan fingerprint density at radius 2 is 1.64 bits per heavy atom. The Hall–Kier alpha value is -4.60. The van der Waals surface area contributed by atoms with Crippen molar-refractivity contribution in [3.8, 4) is 17.2 Å². The van der Waals surface area contributed by atoms with Crippen LogP contribution in [0.15, 0.2) is 66.7 Å². The number of para-hydroxylation sites is 1. The van der Waals surface area contributed by atoms with E-state index in [1.54, 1.807) is 56.7 Å². The second kappa shape index (κ2) is 11.4. The molecule has 0 saturated carbocycles. The minimum atomic E-state index is -1.07. The first-order valence-electron chi connectivity index (χ1n) is 12.4. The lowest BCUT2D eigenvalue weighted by Gasteiger charge is -2.34. The molecular formula is C29H33N5O5. The molecule has 4 aromatic rings. The highest BCUT2D eigenvalue weighted by molar-refractivity contribution is 6.02. The van der Waals surface area contributed by atoms with Crippen LogP contribution >= 0.6 is 0 Å². The molecule has 0 saturated heterocycles. The molecule has 0 aliphatic rings. The van der Waals surface area contributed by atoms with Crippen molar-refractivity contribution in [2.24, 2.45) is 0 Å². The fourth-order valence-electron chi connectivity index (χ4n) is 4.31. The number of carbonyl (C=O) groups is 2. The maximum Gasteiger partial charge on any atom is 0.249 e. The highest BCUT2D eigenvalue weighted by Crippen LogP contribution is 2.38. The first kappa shape index (κ1) is 27.4. The van der Waals surface area contributed by atoms with E-state index in [0.717, 1.165) is 0 Å². The van der Waals surface area contributed by atoms with Crippen molar-refractivity contribution in [1.82, 2.24) is 20.3 Å². The van der Waals surface area contributed by atoms with Gasteiger partial charge in [0, 0.05) is 11.6 Å². The van der Waals surface area contributed by atoms with Gasteiger partial charge in [0.25, 0.3) is 0 Å². The fourth-order valence-corrected chi connectivity index (χ4v) is 4.31. The summed E-state index contributed by atoms with van der Waals surface area (Å²) in [6.07, 6.45) is 0. The van der Waals surface area contributed by atoms with E-state index >= 15 is 0 Å². The normalized spacial score (nSPS) is 12.1. The zero-order valence-electron chi connectivity index (χ0n) is 23.0. The van der Waals surface area contributed by atoms with Crippen molar-refractivity contribution < 1.29 is 23.8 Å². The molecule has 0 aliphatic carbocycles. The number of carbonyl (C=O) groups excluding carboxylic acids is 2. The van der Waals surface area contributed by atoms with Crippen LogP contribution in [0.4, 0.5) is 5.69 Å². The molecule has 1 N–H and O–H groups in total. The predicted octanol–water partition coefficient (Wildman–Crippen LogP) is 4.15. The number of rotatable bonds is 9. The number of methoxy groups -OCH3 is 3. The Morgan fingerprint density at radius 1 is 0.923 bits per heavy atom. The molecule has 3 aromatic carbocycles. The number of hydrogen-bond acceptors (Lipinski definition) is 7. The van der Waals surface area contributed by atoms with Gasteiger partial charge in [0.2, 0.25) is 11.8 Å². The molecular weight excluding hydrogens is 498 g/mol. The van der Waals surface area contributed by atoms with Crippen molar-refractivity contribution in [3.63, 3.8) is 0 Å². The summed E-state index contributed by atoms with van der Waals surface area (Å²) in [5, 5.41) is 11.4. The van der Waals surface area contributed by atoms with Gasteiger partial charge in [-0.2, -0.15) is 0 Å². The maximum absolute atomic E-state index is 14.3. The molecule has 0 bridgehead atoms. The van der Waals surface area contributed by atoms with Gasteiger partial charge in [0.05, 0.1) is 32.5 Å². The predicted molar refractivity (Wildman–Crippen MR) is 148 cm³/mol. The zero-order valence-corrected chi connectivity index (χ0v) is 23.0.